The molecule has 1 aliphatic rings. The van der Waals surface area contributed by atoms with E-state index in [1.165, 1.54) is 0 Å². The van der Waals surface area contributed by atoms with Crippen LogP contribution in [0.2, 0.25) is 0 Å². The van der Waals surface area contributed by atoms with Crippen molar-refractivity contribution >= 4 is 17.3 Å². The molecule has 178 valence electrons. The molecule has 1 aliphatic heterocycles. The third-order valence-electron chi connectivity index (χ3n) is 6.14. The van der Waals surface area contributed by atoms with Crippen molar-refractivity contribution in [3.05, 3.63) is 36.8 Å². The molecule has 0 amide bonds. The number of nitrogens with zero attached hydrogens (tertiary/aromatic N) is 8. The zero-order valence-corrected chi connectivity index (χ0v) is 19.5. The molecule has 4 aromatic heterocycles. The van der Waals surface area contributed by atoms with E-state index >= 15 is 0 Å². The van der Waals surface area contributed by atoms with Crippen LogP contribution in [0.3, 0.4) is 0 Å². The summed E-state index contributed by atoms with van der Waals surface area (Å²) in [6, 6.07) is 6.32. The summed E-state index contributed by atoms with van der Waals surface area (Å²) in [7, 11) is 0. The highest BCUT2D eigenvalue weighted by molar-refractivity contribution is 5.76. The first-order valence-electron chi connectivity index (χ1n) is 11.6. The van der Waals surface area contributed by atoms with E-state index in [4.69, 9.17) is 10.8 Å². The second-order valence-corrected chi connectivity index (χ2v) is 8.97. The standard InChI is InChI=1S/C23H30N10O/c1-15(2)27-20-3-4-21-28-29-23(33(21)30-20)19-11-16(12-25-22(19)24)17-13-26-32(14-17)18-5-7-31(8-6-18)9-10-34/h3-4,11-15,18,34H,5-10H2,1-2H3,(H2,24,25)(H,27,30). The fourth-order valence-corrected chi connectivity index (χ4v) is 4.38. The average Bonchev–Trinajstić information content (AvgIpc) is 3.47. The van der Waals surface area contributed by atoms with Crippen molar-refractivity contribution in [2.45, 2.75) is 38.8 Å². The summed E-state index contributed by atoms with van der Waals surface area (Å²) in [5.41, 5.74) is 9.43. The lowest BCUT2D eigenvalue weighted by atomic mass is 10.1. The highest BCUT2D eigenvalue weighted by Gasteiger charge is 2.21. The number of hydrogen-bond donors (Lipinski definition) is 3. The van der Waals surface area contributed by atoms with E-state index in [0.29, 0.717) is 28.9 Å². The van der Waals surface area contributed by atoms with E-state index in [2.05, 4.69) is 55.6 Å². The number of aliphatic hydroxyl groups is 1. The van der Waals surface area contributed by atoms with Crippen LogP contribution in [0.5, 0.6) is 0 Å². The maximum absolute atomic E-state index is 9.16. The van der Waals surface area contributed by atoms with Gasteiger partial charge in [0.2, 0.25) is 0 Å². The number of fused-ring (bicyclic) bond motifs is 1. The van der Waals surface area contributed by atoms with Gasteiger partial charge in [0.25, 0.3) is 0 Å². The van der Waals surface area contributed by atoms with Gasteiger partial charge in [-0.25, -0.2) is 4.98 Å². The van der Waals surface area contributed by atoms with Crippen LogP contribution in [0.4, 0.5) is 11.6 Å². The Balaban J connectivity index is 1.42. The first-order chi connectivity index (χ1) is 16.5. The molecule has 5 rings (SSSR count). The molecule has 0 radical (unpaired) electrons. The summed E-state index contributed by atoms with van der Waals surface area (Å²) in [5, 5.41) is 30.3. The monoisotopic (exact) mass is 462 g/mol. The largest absolute Gasteiger partial charge is 0.395 e. The summed E-state index contributed by atoms with van der Waals surface area (Å²) < 4.78 is 3.73. The SMILES string of the molecule is CC(C)Nc1ccc2nnc(-c3cc(-c4cnn(C5CCN(CCO)CC5)c4)cnc3N)n2n1. The Labute approximate surface area is 197 Å². The Morgan fingerprint density at radius 2 is 1.97 bits per heavy atom. The minimum absolute atomic E-state index is 0.204. The van der Waals surface area contributed by atoms with Crippen molar-refractivity contribution in [3.8, 4) is 22.5 Å². The third-order valence-corrected chi connectivity index (χ3v) is 6.14. The van der Waals surface area contributed by atoms with E-state index in [1.807, 2.05) is 29.1 Å². The molecule has 11 nitrogen and oxygen atoms in total. The van der Waals surface area contributed by atoms with E-state index in [1.54, 1.807) is 10.7 Å². The normalized spacial score (nSPS) is 15.4. The summed E-state index contributed by atoms with van der Waals surface area (Å²) in [5.74, 6) is 1.64. The van der Waals surface area contributed by atoms with Crippen LogP contribution in [-0.4, -0.2) is 76.9 Å². The number of nitrogen functional groups attached to an aromatic ring is 1. The molecular weight excluding hydrogens is 432 g/mol. The molecule has 34 heavy (non-hydrogen) atoms. The van der Waals surface area contributed by atoms with Crippen LogP contribution in [0.15, 0.2) is 36.8 Å². The molecule has 11 heteroatoms. The van der Waals surface area contributed by atoms with Gasteiger partial charge in [-0.3, -0.25) is 4.68 Å². The van der Waals surface area contributed by atoms with Gasteiger partial charge in [-0.1, -0.05) is 0 Å². The molecule has 0 aromatic carbocycles. The summed E-state index contributed by atoms with van der Waals surface area (Å²) in [4.78, 5) is 6.71. The van der Waals surface area contributed by atoms with Gasteiger partial charge in [0.05, 0.1) is 24.4 Å². The van der Waals surface area contributed by atoms with Crippen molar-refractivity contribution in [2.75, 3.05) is 37.3 Å². The number of anilines is 2. The van der Waals surface area contributed by atoms with Crippen LogP contribution in [-0.2, 0) is 0 Å². The zero-order chi connectivity index (χ0) is 23.7. The number of aromatic nitrogens is 7. The maximum atomic E-state index is 9.16. The molecule has 5 heterocycles. The van der Waals surface area contributed by atoms with E-state index < -0.39 is 0 Å². The van der Waals surface area contributed by atoms with E-state index in [9.17, 15) is 0 Å². The van der Waals surface area contributed by atoms with Crippen molar-refractivity contribution in [3.63, 3.8) is 0 Å². The number of likely N-dealkylation sites (tertiary alicyclic amines) is 1. The lowest BCUT2D eigenvalue weighted by Crippen LogP contribution is -2.36. The number of hydrogen-bond acceptors (Lipinski definition) is 9. The van der Waals surface area contributed by atoms with E-state index in [-0.39, 0.29) is 12.6 Å². The van der Waals surface area contributed by atoms with Gasteiger partial charge >= 0.3 is 0 Å². The fraction of sp³-hybridized carbons (Fsp3) is 0.435. The average molecular weight is 463 g/mol. The van der Waals surface area contributed by atoms with Crippen molar-refractivity contribution in [2.24, 2.45) is 0 Å². The number of pyridine rings is 1. The van der Waals surface area contributed by atoms with Gasteiger partial charge in [0.1, 0.15) is 11.6 Å². The second kappa shape index (κ2) is 9.35. The van der Waals surface area contributed by atoms with Crippen LogP contribution in [0, 0.1) is 0 Å². The number of rotatable bonds is 7. The smallest absolute Gasteiger partial charge is 0.189 e. The summed E-state index contributed by atoms with van der Waals surface area (Å²) >= 11 is 0. The molecule has 0 spiro atoms. The quantitative estimate of drug-likeness (QED) is 0.377. The highest BCUT2D eigenvalue weighted by Crippen LogP contribution is 2.30. The first-order valence-corrected chi connectivity index (χ1v) is 11.6. The predicted octanol–water partition coefficient (Wildman–Crippen LogP) is 2.08. The van der Waals surface area contributed by atoms with Crippen molar-refractivity contribution in [1.82, 2.24) is 39.5 Å². The molecule has 1 fully saturated rings. The number of piperidine rings is 1. The van der Waals surface area contributed by atoms with Crippen LogP contribution in [0.1, 0.15) is 32.7 Å². The second-order valence-electron chi connectivity index (χ2n) is 8.97. The maximum Gasteiger partial charge on any atom is 0.189 e. The number of nitrogens with two attached hydrogens (primary N) is 1. The molecule has 0 saturated carbocycles. The Morgan fingerprint density at radius 3 is 2.74 bits per heavy atom. The minimum Gasteiger partial charge on any atom is -0.395 e. The molecule has 0 aliphatic carbocycles. The molecule has 4 aromatic rings. The van der Waals surface area contributed by atoms with Crippen molar-refractivity contribution in [1.29, 1.82) is 0 Å². The van der Waals surface area contributed by atoms with Crippen LogP contribution < -0.4 is 11.1 Å². The third kappa shape index (κ3) is 4.44. The first kappa shape index (κ1) is 22.2. The number of β-amino-alcohol motifs (C(OH)–C–C–N with tert-alkyl or cyclic N) is 1. The van der Waals surface area contributed by atoms with E-state index in [0.717, 1.165) is 49.4 Å². The fourth-order valence-electron chi connectivity index (χ4n) is 4.38. The van der Waals surface area contributed by atoms with Crippen molar-refractivity contribution < 1.29 is 5.11 Å². The van der Waals surface area contributed by atoms with Gasteiger partial charge in [0.15, 0.2) is 11.5 Å². The van der Waals surface area contributed by atoms with Gasteiger partial charge in [-0.2, -0.15) is 9.61 Å². The van der Waals surface area contributed by atoms with Gasteiger partial charge in [-0.15, -0.1) is 15.3 Å². The topological polar surface area (TPSA) is 135 Å². The number of aliphatic hydroxyl groups excluding tert-OH is 1. The summed E-state index contributed by atoms with van der Waals surface area (Å²) in [6.07, 6.45) is 7.70. The Kier molecular flexibility index (Phi) is 6.12. The molecule has 0 atom stereocenters. The Hall–Kier alpha value is -3.57. The number of nitrogens with one attached hydrogen (secondary N) is 1. The van der Waals surface area contributed by atoms with Gasteiger partial charge < -0.3 is 21.1 Å². The Bertz CT molecular complexity index is 1270. The molecular formula is C23H30N10O. The summed E-state index contributed by atoms with van der Waals surface area (Å²) in [6.45, 7) is 6.99. The van der Waals surface area contributed by atoms with Gasteiger partial charge in [-0.05, 0) is 44.9 Å². The van der Waals surface area contributed by atoms with Gasteiger partial charge in [0, 0.05) is 49.2 Å². The molecule has 0 unspecified atom stereocenters. The molecule has 4 N–H and O–H groups in total. The van der Waals surface area contributed by atoms with Crippen LogP contribution in [0.25, 0.3) is 28.2 Å². The lowest BCUT2D eigenvalue weighted by Gasteiger charge is -2.31. The molecule has 1 saturated heterocycles. The zero-order valence-electron chi connectivity index (χ0n) is 19.5. The molecule has 0 bridgehead atoms. The highest BCUT2D eigenvalue weighted by atomic mass is 16.3. The minimum atomic E-state index is 0.204. The Morgan fingerprint density at radius 1 is 1.15 bits per heavy atom. The lowest BCUT2D eigenvalue weighted by molar-refractivity contribution is 0.146. The predicted molar refractivity (Wildman–Crippen MR) is 130 cm³/mol. The van der Waals surface area contributed by atoms with Crippen LogP contribution >= 0.6 is 0 Å².